The quantitative estimate of drug-likeness (QED) is 0.566. The number of benzene rings is 2. The van der Waals surface area contributed by atoms with E-state index < -0.39 is 37.6 Å². The molecule has 3 rings (SSSR count). The summed E-state index contributed by atoms with van der Waals surface area (Å²) in [7, 11) is -3.61. The van der Waals surface area contributed by atoms with Crippen LogP contribution in [0.3, 0.4) is 0 Å². The van der Waals surface area contributed by atoms with E-state index in [2.05, 4.69) is 5.32 Å². The molecule has 0 bridgehead atoms. The predicted octanol–water partition coefficient (Wildman–Crippen LogP) is 4.16. The molecule has 0 aliphatic heterocycles. The summed E-state index contributed by atoms with van der Waals surface area (Å²) in [5.74, 6) is 0. The Morgan fingerprint density at radius 1 is 1.18 bits per heavy atom. The Morgan fingerprint density at radius 2 is 1.86 bits per heavy atom. The second-order valence-corrected chi connectivity index (χ2v) is 8.94. The summed E-state index contributed by atoms with van der Waals surface area (Å²) >= 11 is 0. The Labute approximate surface area is 159 Å². The zero-order valence-corrected chi connectivity index (χ0v) is 15.6. The maximum Gasteiger partial charge on any atom is 0.416 e. The number of anilines is 1. The molecule has 0 aromatic heterocycles. The van der Waals surface area contributed by atoms with E-state index in [1.807, 2.05) is 0 Å². The molecule has 0 heterocycles. The van der Waals surface area contributed by atoms with Crippen LogP contribution in [0.15, 0.2) is 47.4 Å². The van der Waals surface area contributed by atoms with Crippen molar-refractivity contribution in [3.05, 3.63) is 63.7 Å². The number of hydrogen-bond donors (Lipinski definition) is 1. The second-order valence-electron chi connectivity index (χ2n) is 6.92. The van der Waals surface area contributed by atoms with Crippen molar-refractivity contribution in [2.24, 2.45) is 0 Å². The highest BCUT2D eigenvalue weighted by Gasteiger charge is 2.45. The molecular weight excluding hydrogens is 397 g/mol. The fourth-order valence-corrected chi connectivity index (χ4v) is 3.69. The lowest BCUT2D eigenvalue weighted by Crippen LogP contribution is -2.21. The van der Waals surface area contributed by atoms with Crippen molar-refractivity contribution in [2.75, 3.05) is 18.1 Å². The zero-order chi connectivity index (χ0) is 20.7. The van der Waals surface area contributed by atoms with Gasteiger partial charge < -0.3 is 5.32 Å². The van der Waals surface area contributed by atoms with Crippen LogP contribution in [0.5, 0.6) is 0 Å². The van der Waals surface area contributed by atoms with Crippen LogP contribution in [0.4, 0.5) is 24.5 Å². The molecule has 1 N–H and O–H groups in total. The largest absolute Gasteiger partial charge is 0.416 e. The molecule has 1 fully saturated rings. The van der Waals surface area contributed by atoms with Gasteiger partial charge in [-0.2, -0.15) is 13.2 Å². The number of nitrogens with one attached hydrogen (secondary N) is 1. The second kappa shape index (κ2) is 6.77. The van der Waals surface area contributed by atoms with E-state index in [9.17, 15) is 31.7 Å². The van der Waals surface area contributed by atoms with Crippen LogP contribution >= 0.6 is 0 Å². The fraction of sp³-hybridized carbons (Fsp3) is 0.333. The fourth-order valence-electron chi connectivity index (χ4n) is 3.05. The average Bonchev–Trinajstić information content (AvgIpc) is 3.39. The van der Waals surface area contributed by atoms with Crippen molar-refractivity contribution in [1.82, 2.24) is 0 Å². The van der Waals surface area contributed by atoms with Gasteiger partial charge in [0.1, 0.15) is 5.69 Å². The molecule has 0 saturated heterocycles. The lowest BCUT2D eigenvalue weighted by atomic mass is 9.94. The molecule has 1 saturated carbocycles. The molecular formula is C18H17F3N2O4S. The predicted molar refractivity (Wildman–Crippen MR) is 97.1 cm³/mol. The SMILES string of the molecule is CS(=O)(=O)c1ccc(NCC2(c3cccc(C(F)(F)F)c3)CC2)c([N+](=O)[O-])c1. The third kappa shape index (κ3) is 4.11. The monoisotopic (exact) mass is 414 g/mol. The van der Waals surface area contributed by atoms with Crippen LogP contribution in [-0.2, 0) is 21.4 Å². The lowest BCUT2D eigenvalue weighted by molar-refractivity contribution is -0.384. The van der Waals surface area contributed by atoms with Gasteiger partial charge in [0.05, 0.1) is 15.4 Å². The minimum atomic E-state index is -4.44. The number of alkyl halides is 3. The van der Waals surface area contributed by atoms with Crippen molar-refractivity contribution in [3.8, 4) is 0 Å². The average molecular weight is 414 g/mol. The van der Waals surface area contributed by atoms with Crippen LogP contribution in [0.2, 0.25) is 0 Å². The van der Waals surface area contributed by atoms with E-state index in [0.29, 0.717) is 18.4 Å². The number of nitro groups is 1. The first kappa shape index (κ1) is 20.1. The maximum atomic E-state index is 13.0. The highest BCUT2D eigenvalue weighted by Crippen LogP contribution is 2.49. The van der Waals surface area contributed by atoms with Crippen LogP contribution in [0.25, 0.3) is 0 Å². The first-order valence-corrected chi connectivity index (χ1v) is 10.2. The molecule has 0 unspecified atom stereocenters. The Kier molecular flexibility index (Phi) is 4.86. The van der Waals surface area contributed by atoms with E-state index in [-0.39, 0.29) is 17.1 Å². The first-order chi connectivity index (χ1) is 12.9. The molecule has 1 aliphatic carbocycles. The molecule has 2 aromatic carbocycles. The Hall–Kier alpha value is -2.62. The summed E-state index contributed by atoms with van der Waals surface area (Å²) < 4.78 is 62.1. The van der Waals surface area contributed by atoms with E-state index >= 15 is 0 Å². The zero-order valence-electron chi connectivity index (χ0n) is 14.8. The smallest absolute Gasteiger partial charge is 0.379 e. The molecule has 150 valence electrons. The molecule has 10 heteroatoms. The van der Waals surface area contributed by atoms with E-state index in [1.165, 1.54) is 18.2 Å². The number of sulfone groups is 1. The minimum absolute atomic E-state index is 0.121. The van der Waals surface area contributed by atoms with Gasteiger partial charge in [0.2, 0.25) is 0 Å². The number of halogens is 3. The van der Waals surface area contributed by atoms with Crippen LogP contribution in [0, 0.1) is 10.1 Å². The molecule has 0 atom stereocenters. The highest BCUT2D eigenvalue weighted by atomic mass is 32.2. The summed E-state index contributed by atoms with van der Waals surface area (Å²) in [5, 5.41) is 14.2. The van der Waals surface area contributed by atoms with Gasteiger partial charge in [0, 0.05) is 24.3 Å². The van der Waals surface area contributed by atoms with Gasteiger partial charge in [-0.25, -0.2) is 8.42 Å². The molecule has 0 amide bonds. The minimum Gasteiger partial charge on any atom is -0.379 e. The summed E-state index contributed by atoms with van der Waals surface area (Å²) in [6.45, 7) is 0.202. The van der Waals surface area contributed by atoms with Crippen LogP contribution in [-0.4, -0.2) is 26.1 Å². The van der Waals surface area contributed by atoms with Crippen LogP contribution in [0.1, 0.15) is 24.0 Å². The highest BCUT2D eigenvalue weighted by molar-refractivity contribution is 7.90. The molecule has 1 aliphatic rings. The number of hydrogen-bond acceptors (Lipinski definition) is 5. The molecule has 0 spiro atoms. The topological polar surface area (TPSA) is 89.3 Å². The van der Waals surface area contributed by atoms with Gasteiger partial charge in [-0.15, -0.1) is 0 Å². The van der Waals surface area contributed by atoms with Gasteiger partial charge in [-0.05, 0) is 36.6 Å². The number of rotatable bonds is 6. The molecule has 2 aromatic rings. The Balaban J connectivity index is 1.85. The van der Waals surface area contributed by atoms with E-state index in [4.69, 9.17) is 0 Å². The van der Waals surface area contributed by atoms with E-state index in [0.717, 1.165) is 24.5 Å². The third-order valence-electron chi connectivity index (χ3n) is 4.87. The van der Waals surface area contributed by atoms with Gasteiger partial charge >= 0.3 is 6.18 Å². The van der Waals surface area contributed by atoms with Gasteiger partial charge in [0.25, 0.3) is 5.69 Å². The van der Waals surface area contributed by atoms with Crippen molar-refractivity contribution in [3.63, 3.8) is 0 Å². The standard InChI is InChI=1S/C18H17F3N2O4S/c1-28(26,27)14-5-6-15(16(10-14)23(24)25)22-11-17(7-8-17)12-3-2-4-13(9-12)18(19,20)21/h2-6,9-10,22H,7-8,11H2,1H3. The van der Waals surface area contributed by atoms with E-state index in [1.54, 1.807) is 6.07 Å². The van der Waals surface area contributed by atoms with Crippen molar-refractivity contribution < 1.29 is 26.5 Å². The summed E-state index contributed by atoms with van der Waals surface area (Å²) in [4.78, 5) is 10.4. The summed E-state index contributed by atoms with van der Waals surface area (Å²) in [5.41, 5.74) is -1.03. The summed E-state index contributed by atoms with van der Waals surface area (Å²) in [6.07, 6.45) is -2.20. The Bertz CT molecular complexity index is 1030. The third-order valence-corrected chi connectivity index (χ3v) is 5.98. The van der Waals surface area contributed by atoms with Crippen LogP contribution < -0.4 is 5.32 Å². The lowest BCUT2D eigenvalue weighted by Gasteiger charge is -2.19. The van der Waals surface area contributed by atoms with Crippen molar-refractivity contribution in [2.45, 2.75) is 29.3 Å². The molecule has 0 radical (unpaired) electrons. The molecule has 6 nitrogen and oxygen atoms in total. The number of nitrogens with zero attached hydrogens (tertiary/aromatic N) is 1. The van der Waals surface area contributed by atoms with Gasteiger partial charge in [-0.3, -0.25) is 10.1 Å². The van der Waals surface area contributed by atoms with Crippen molar-refractivity contribution >= 4 is 21.2 Å². The van der Waals surface area contributed by atoms with Crippen molar-refractivity contribution in [1.29, 1.82) is 0 Å². The Morgan fingerprint density at radius 3 is 2.39 bits per heavy atom. The first-order valence-electron chi connectivity index (χ1n) is 8.33. The summed E-state index contributed by atoms with van der Waals surface area (Å²) in [6, 6.07) is 8.61. The van der Waals surface area contributed by atoms with Gasteiger partial charge in [0.15, 0.2) is 9.84 Å². The molecule has 28 heavy (non-hydrogen) atoms. The number of nitro benzene ring substituents is 1. The maximum absolute atomic E-state index is 13.0. The van der Waals surface area contributed by atoms with Gasteiger partial charge in [-0.1, -0.05) is 18.2 Å². The normalized spacial score (nSPS) is 15.9.